The molecule has 0 saturated heterocycles. The van der Waals surface area contributed by atoms with Crippen LogP contribution in [0.2, 0.25) is 0 Å². The molecule has 0 saturated carbocycles. The highest BCUT2D eigenvalue weighted by molar-refractivity contribution is 8.01. The summed E-state index contributed by atoms with van der Waals surface area (Å²) in [7, 11) is 1.57. The Balaban J connectivity index is 1.95. The van der Waals surface area contributed by atoms with E-state index in [2.05, 4.69) is 22.5 Å². The van der Waals surface area contributed by atoms with Gasteiger partial charge in [-0.25, -0.2) is 4.98 Å². The minimum atomic E-state index is -0.185. The topological polar surface area (TPSA) is 112 Å². The van der Waals surface area contributed by atoms with Crippen molar-refractivity contribution >= 4 is 40.6 Å². The van der Waals surface area contributed by atoms with Crippen molar-refractivity contribution in [3.63, 3.8) is 0 Å². The maximum atomic E-state index is 12.1. The van der Waals surface area contributed by atoms with Gasteiger partial charge >= 0.3 is 0 Å². The molecule has 2 rings (SSSR count). The van der Waals surface area contributed by atoms with Crippen molar-refractivity contribution < 1.29 is 19.8 Å². The first kappa shape index (κ1) is 23.0. The number of benzene rings is 1. The second-order valence-corrected chi connectivity index (χ2v) is 8.75. The lowest BCUT2D eigenvalue weighted by Crippen LogP contribution is -2.19. The molecule has 9 heteroatoms. The Kier molecular flexibility index (Phi) is 9.27. The van der Waals surface area contributed by atoms with Crippen LogP contribution in [0.15, 0.2) is 26.7 Å². The third kappa shape index (κ3) is 7.58. The fourth-order valence-corrected chi connectivity index (χ4v) is 4.44. The SMILES string of the molecule is CCCCCCCC(=O)Nc1cc(O)c(Sc2nc(CC(=O)NC)cs2)cc1O. The van der Waals surface area contributed by atoms with E-state index < -0.39 is 0 Å². The van der Waals surface area contributed by atoms with E-state index in [4.69, 9.17) is 0 Å². The summed E-state index contributed by atoms with van der Waals surface area (Å²) in [6.45, 7) is 2.14. The molecule has 0 radical (unpaired) electrons. The Morgan fingerprint density at radius 2 is 1.86 bits per heavy atom. The van der Waals surface area contributed by atoms with Gasteiger partial charge in [0, 0.05) is 24.9 Å². The predicted octanol–water partition coefficient (Wildman–Crippen LogP) is 4.29. The van der Waals surface area contributed by atoms with Crippen molar-refractivity contribution in [3.8, 4) is 11.5 Å². The Hall–Kier alpha value is -2.26. The molecule has 0 unspecified atom stereocenters. The number of hydrogen-bond donors (Lipinski definition) is 4. The number of nitrogens with zero attached hydrogens (tertiary/aromatic N) is 1. The Morgan fingerprint density at radius 3 is 2.59 bits per heavy atom. The zero-order chi connectivity index (χ0) is 21.2. The number of nitrogens with one attached hydrogen (secondary N) is 2. The van der Waals surface area contributed by atoms with Gasteiger partial charge in [0.2, 0.25) is 11.8 Å². The number of likely N-dealkylation sites (N-methyl/N-ethyl adjacent to an activating group) is 1. The van der Waals surface area contributed by atoms with E-state index in [1.165, 1.54) is 41.7 Å². The Morgan fingerprint density at radius 1 is 1.10 bits per heavy atom. The van der Waals surface area contributed by atoms with Crippen LogP contribution in [0.5, 0.6) is 11.5 Å². The molecular weight excluding hydrogens is 410 g/mol. The predicted molar refractivity (Wildman–Crippen MR) is 116 cm³/mol. The van der Waals surface area contributed by atoms with E-state index >= 15 is 0 Å². The minimum absolute atomic E-state index is 0.0610. The smallest absolute Gasteiger partial charge is 0.225 e. The average Bonchev–Trinajstić information content (AvgIpc) is 3.12. The normalized spacial score (nSPS) is 10.7. The van der Waals surface area contributed by atoms with Crippen molar-refractivity contribution in [2.24, 2.45) is 0 Å². The largest absolute Gasteiger partial charge is 0.507 e. The van der Waals surface area contributed by atoms with Gasteiger partial charge in [-0.2, -0.15) is 0 Å². The standard InChI is InChI=1S/C20H27N3O4S2/c1-3-4-5-6-7-8-18(26)23-14-10-16(25)17(11-15(14)24)29-20-22-13(12-28-20)9-19(27)21-2/h10-12,24-25H,3-9H2,1-2H3,(H,21,27)(H,23,26). The number of carbonyl (C=O) groups is 2. The maximum Gasteiger partial charge on any atom is 0.225 e. The molecule has 2 amide bonds. The minimum Gasteiger partial charge on any atom is -0.507 e. The first-order valence-corrected chi connectivity index (χ1v) is 11.3. The molecule has 0 aliphatic heterocycles. The molecule has 1 heterocycles. The lowest BCUT2D eigenvalue weighted by molar-refractivity contribution is -0.120. The first-order chi connectivity index (χ1) is 13.9. The Bertz CT molecular complexity index is 839. The molecule has 0 bridgehead atoms. The van der Waals surface area contributed by atoms with Crippen LogP contribution in [-0.2, 0) is 16.0 Å². The third-order valence-electron chi connectivity index (χ3n) is 4.21. The fourth-order valence-electron chi connectivity index (χ4n) is 2.60. The summed E-state index contributed by atoms with van der Waals surface area (Å²) >= 11 is 2.54. The van der Waals surface area contributed by atoms with Gasteiger partial charge in [-0.15, -0.1) is 11.3 Å². The number of hydrogen-bond acceptors (Lipinski definition) is 7. The van der Waals surface area contributed by atoms with Crippen molar-refractivity contribution in [1.82, 2.24) is 10.3 Å². The number of aromatic hydroxyl groups is 2. The van der Waals surface area contributed by atoms with Gasteiger partial charge in [-0.1, -0.05) is 44.4 Å². The second-order valence-electron chi connectivity index (χ2n) is 6.61. The van der Waals surface area contributed by atoms with Gasteiger partial charge in [-0.3, -0.25) is 9.59 Å². The molecule has 0 fully saturated rings. The summed E-state index contributed by atoms with van der Waals surface area (Å²) in [5.41, 5.74) is 0.827. The van der Waals surface area contributed by atoms with Gasteiger partial charge in [0.25, 0.3) is 0 Å². The highest BCUT2D eigenvalue weighted by Gasteiger charge is 2.14. The second kappa shape index (κ2) is 11.7. The molecule has 0 spiro atoms. The van der Waals surface area contributed by atoms with Crippen LogP contribution in [0.25, 0.3) is 0 Å². The summed E-state index contributed by atoms with van der Waals surface area (Å²) in [6, 6.07) is 2.74. The number of anilines is 1. The third-order valence-corrected chi connectivity index (χ3v) is 6.24. The van der Waals surface area contributed by atoms with Crippen LogP contribution >= 0.6 is 23.1 Å². The summed E-state index contributed by atoms with van der Waals surface area (Å²) < 4.78 is 0.641. The summed E-state index contributed by atoms with van der Waals surface area (Å²) in [5, 5.41) is 27.5. The molecule has 1 aromatic heterocycles. The van der Waals surface area contributed by atoms with Crippen LogP contribution < -0.4 is 10.6 Å². The Labute approximate surface area is 178 Å². The number of thiazole rings is 1. The average molecular weight is 438 g/mol. The van der Waals surface area contributed by atoms with Gasteiger partial charge < -0.3 is 20.8 Å². The van der Waals surface area contributed by atoms with E-state index in [-0.39, 0.29) is 35.4 Å². The molecule has 1 aromatic carbocycles. The summed E-state index contributed by atoms with van der Waals surface area (Å²) in [4.78, 5) is 28.2. The van der Waals surface area contributed by atoms with E-state index in [1.807, 2.05) is 0 Å². The molecule has 4 N–H and O–H groups in total. The van der Waals surface area contributed by atoms with Crippen molar-refractivity contribution in [2.75, 3.05) is 12.4 Å². The van der Waals surface area contributed by atoms with Crippen molar-refractivity contribution in [3.05, 3.63) is 23.2 Å². The quantitative estimate of drug-likeness (QED) is 0.237. The zero-order valence-corrected chi connectivity index (χ0v) is 18.3. The molecule has 158 valence electrons. The number of phenolic OH excluding ortho intramolecular Hbond substituents is 2. The van der Waals surface area contributed by atoms with Gasteiger partial charge in [0.05, 0.1) is 22.7 Å². The fraction of sp³-hybridized carbons (Fsp3) is 0.450. The van der Waals surface area contributed by atoms with Crippen LogP contribution in [0, 0.1) is 0 Å². The highest BCUT2D eigenvalue weighted by atomic mass is 32.2. The highest BCUT2D eigenvalue weighted by Crippen LogP contribution is 2.41. The molecule has 0 aliphatic carbocycles. The van der Waals surface area contributed by atoms with E-state index in [0.717, 1.165) is 25.7 Å². The number of carbonyl (C=O) groups excluding carboxylic acids is 2. The van der Waals surface area contributed by atoms with Gasteiger partial charge in [0.1, 0.15) is 11.5 Å². The van der Waals surface area contributed by atoms with Crippen LogP contribution in [0.4, 0.5) is 5.69 Å². The lowest BCUT2D eigenvalue weighted by atomic mass is 10.1. The molecule has 7 nitrogen and oxygen atoms in total. The number of rotatable bonds is 11. The molecule has 0 aliphatic rings. The van der Waals surface area contributed by atoms with Crippen molar-refractivity contribution in [1.29, 1.82) is 0 Å². The molecule has 29 heavy (non-hydrogen) atoms. The monoisotopic (exact) mass is 437 g/mol. The van der Waals surface area contributed by atoms with Crippen LogP contribution in [0.3, 0.4) is 0 Å². The number of amides is 2. The van der Waals surface area contributed by atoms with Gasteiger partial charge in [-0.05, 0) is 12.5 Å². The van der Waals surface area contributed by atoms with E-state index in [9.17, 15) is 19.8 Å². The zero-order valence-electron chi connectivity index (χ0n) is 16.7. The molecular formula is C20H27N3O4S2. The van der Waals surface area contributed by atoms with Crippen molar-refractivity contribution in [2.45, 2.75) is 61.1 Å². The summed E-state index contributed by atoms with van der Waals surface area (Å²) in [6.07, 6.45) is 5.81. The van der Waals surface area contributed by atoms with E-state index in [1.54, 1.807) is 12.4 Å². The number of phenols is 2. The summed E-state index contributed by atoms with van der Waals surface area (Å²) in [5.74, 6) is -0.492. The lowest BCUT2D eigenvalue weighted by Gasteiger charge is -2.10. The maximum absolute atomic E-state index is 12.1. The van der Waals surface area contributed by atoms with Crippen LogP contribution in [-0.4, -0.2) is 34.1 Å². The number of aromatic nitrogens is 1. The van der Waals surface area contributed by atoms with Gasteiger partial charge in [0.15, 0.2) is 4.34 Å². The molecule has 0 atom stereocenters. The van der Waals surface area contributed by atoms with Crippen LogP contribution in [0.1, 0.15) is 51.1 Å². The molecule has 2 aromatic rings. The first-order valence-electron chi connectivity index (χ1n) is 9.61. The number of unbranched alkanes of at least 4 members (excludes halogenated alkanes) is 4. The van der Waals surface area contributed by atoms with E-state index in [0.29, 0.717) is 21.3 Å².